The number of aromatic nitrogens is 5. The summed E-state index contributed by atoms with van der Waals surface area (Å²) in [6, 6.07) is 13.9. The van der Waals surface area contributed by atoms with Gasteiger partial charge in [0.25, 0.3) is 5.91 Å². The molecule has 2 aromatic carbocycles. The van der Waals surface area contributed by atoms with Crippen LogP contribution < -0.4 is 5.32 Å². The summed E-state index contributed by atoms with van der Waals surface area (Å²) in [7, 11) is 0. The van der Waals surface area contributed by atoms with Crippen LogP contribution >= 0.6 is 11.8 Å². The average Bonchev–Trinajstić information content (AvgIpc) is 3.42. The zero-order valence-corrected chi connectivity index (χ0v) is 17.0. The second kappa shape index (κ2) is 8.91. The Kier molecular flexibility index (Phi) is 5.89. The molecule has 0 radical (unpaired) electrons. The SMILES string of the molecule is CSc1ncc(C(=O)NCc2cccc(Cn3cncn3)c2)n1-c1ccc(F)cc1. The summed E-state index contributed by atoms with van der Waals surface area (Å²) in [4.78, 5) is 21.1. The minimum absolute atomic E-state index is 0.256. The van der Waals surface area contributed by atoms with Crippen LogP contribution in [0.25, 0.3) is 5.69 Å². The fraction of sp³-hybridized carbons (Fsp3) is 0.143. The highest BCUT2D eigenvalue weighted by atomic mass is 32.2. The van der Waals surface area contributed by atoms with Gasteiger partial charge in [0.2, 0.25) is 0 Å². The molecule has 0 aliphatic rings. The topological polar surface area (TPSA) is 77.6 Å². The van der Waals surface area contributed by atoms with Gasteiger partial charge in [-0.25, -0.2) is 19.0 Å². The number of nitrogens with one attached hydrogen (secondary N) is 1. The third kappa shape index (κ3) is 4.41. The minimum atomic E-state index is -0.332. The Bertz CT molecular complexity index is 1140. The standard InChI is InChI=1S/C21H19FN6OS/c1-30-21-25-11-19(28(21)18-7-5-17(22)6-8-18)20(29)24-10-15-3-2-4-16(9-15)12-27-14-23-13-26-27/h2-9,11,13-14H,10,12H2,1H3,(H,24,29). The van der Waals surface area contributed by atoms with Crippen molar-refractivity contribution in [2.24, 2.45) is 0 Å². The van der Waals surface area contributed by atoms with E-state index < -0.39 is 0 Å². The molecule has 0 bridgehead atoms. The van der Waals surface area contributed by atoms with Crippen LogP contribution in [0.1, 0.15) is 21.6 Å². The second-order valence-corrected chi connectivity index (χ2v) is 7.31. The lowest BCUT2D eigenvalue weighted by Crippen LogP contribution is -2.25. The van der Waals surface area contributed by atoms with Gasteiger partial charge in [0.15, 0.2) is 5.16 Å². The monoisotopic (exact) mass is 422 g/mol. The summed E-state index contributed by atoms with van der Waals surface area (Å²) in [6.07, 6.45) is 6.57. The Balaban J connectivity index is 1.50. The van der Waals surface area contributed by atoms with Gasteiger partial charge in [-0.15, -0.1) is 0 Å². The number of imidazole rings is 1. The van der Waals surface area contributed by atoms with Crippen molar-refractivity contribution in [3.63, 3.8) is 0 Å². The summed E-state index contributed by atoms with van der Waals surface area (Å²) in [5, 5.41) is 7.71. The van der Waals surface area contributed by atoms with Crippen molar-refractivity contribution in [3.05, 3.63) is 90.0 Å². The van der Waals surface area contributed by atoms with Crippen molar-refractivity contribution >= 4 is 17.7 Å². The molecule has 9 heteroatoms. The zero-order valence-electron chi connectivity index (χ0n) is 16.2. The first-order valence-electron chi connectivity index (χ1n) is 9.20. The number of nitrogens with zero attached hydrogens (tertiary/aromatic N) is 5. The smallest absolute Gasteiger partial charge is 0.270 e. The molecule has 152 valence electrons. The molecule has 0 unspecified atom stereocenters. The van der Waals surface area contributed by atoms with Gasteiger partial charge in [-0.3, -0.25) is 9.36 Å². The van der Waals surface area contributed by atoms with Crippen molar-refractivity contribution in [3.8, 4) is 5.69 Å². The van der Waals surface area contributed by atoms with Crippen molar-refractivity contribution in [1.29, 1.82) is 0 Å². The van der Waals surface area contributed by atoms with Crippen molar-refractivity contribution in [2.75, 3.05) is 6.26 Å². The first-order valence-corrected chi connectivity index (χ1v) is 10.4. The number of carbonyl (C=O) groups is 1. The molecule has 2 aromatic heterocycles. The Morgan fingerprint density at radius 1 is 1.17 bits per heavy atom. The van der Waals surface area contributed by atoms with E-state index in [0.29, 0.717) is 29.6 Å². The molecule has 2 heterocycles. The largest absolute Gasteiger partial charge is 0.347 e. The molecule has 4 aromatic rings. The van der Waals surface area contributed by atoms with E-state index in [1.54, 1.807) is 27.7 Å². The van der Waals surface area contributed by atoms with E-state index in [2.05, 4.69) is 20.4 Å². The maximum atomic E-state index is 13.3. The number of rotatable bonds is 7. The minimum Gasteiger partial charge on any atom is -0.347 e. The molecule has 4 rings (SSSR count). The van der Waals surface area contributed by atoms with Crippen LogP contribution in [0.4, 0.5) is 4.39 Å². The summed E-state index contributed by atoms with van der Waals surface area (Å²) in [5.41, 5.74) is 3.11. The Hall–Kier alpha value is -3.46. The van der Waals surface area contributed by atoms with Crippen molar-refractivity contribution in [2.45, 2.75) is 18.2 Å². The van der Waals surface area contributed by atoms with Gasteiger partial charge in [-0.1, -0.05) is 36.0 Å². The lowest BCUT2D eigenvalue weighted by Gasteiger charge is -2.12. The van der Waals surface area contributed by atoms with E-state index in [4.69, 9.17) is 0 Å². The van der Waals surface area contributed by atoms with E-state index >= 15 is 0 Å². The molecule has 1 N–H and O–H groups in total. The average molecular weight is 422 g/mol. The number of halogens is 1. The number of hydrogen-bond donors (Lipinski definition) is 1. The highest BCUT2D eigenvalue weighted by molar-refractivity contribution is 7.98. The normalized spacial score (nSPS) is 10.9. The molecule has 0 saturated carbocycles. The van der Waals surface area contributed by atoms with Crippen LogP contribution in [0.5, 0.6) is 0 Å². The van der Waals surface area contributed by atoms with Gasteiger partial charge in [-0.2, -0.15) is 5.10 Å². The molecule has 7 nitrogen and oxygen atoms in total. The Morgan fingerprint density at radius 2 is 1.97 bits per heavy atom. The summed E-state index contributed by atoms with van der Waals surface area (Å²) in [5.74, 6) is -0.588. The zero-order chi connectivity index (χ0) is 20.9. The maximum absolute atomic E-state index is 13.3. The van der Waals surface area contributed by atoms with Crippen LogP contribution in [-0.2, 0) is 13.1 Å². The van der Waals surface area contributed by atoms with Gasteiger partial charge in [0.1, 0.15) is 24.2 Å². The van der Waals surface area contributed by atoms with Crippen molar-refractivity contribution < 1.29 is 9.18 Å². The Morgan fingerprint density at radius 3 is 2.70 bits per heavy atom. The van der Waals surface area contributed by atoms with Crippen LogP contribution in [0.3, 0.4) is 0 Å². The van der Waals surface area contributed by atoms with Crippen LogP contribution in [0.2, 0.25) is 0 Å². The molecular weight excluding hydrogens is 403 g/mol. The quantitative estimate of drug-likeness (QED) is 0.463. The lowest BCUT2D eigenvalue weighted by atomic mass is 10.1. The highest BCUT2D eigenvalue weighted by Gasteiger charge is 2.17. The molecule has 1 amide bonds. The first-order chi connectivity index (χ1) is 14.6. The third-order valence-corrected chi connectivity index (χ3v) is 5.14. The predicted octanol–water partition coefficient (Wildman–Crippen LogP) is 3.30. The number of carbonyl (C=O) groups excluding carboxylic acids is 1. The maximum Gasteiger partial charge on any atom is 0.270 e. The molecule has 0 saturated heterocycles. The highest BCUT2D eigenvalue weighted by Crippen LogP contribution is 2.22. The second-order valence-electron chi connectivity index (χ2n) is 6.54. The van der Waals surface area contributed by atoms with Gasteiger partial charge < -0.3 is 5.32 Å². The van der Waals surface area contributed by atoms with Crippen LogP contribution in [0.15, 0.2) is 72.5 Å². The van der Waals surface area contributed by atoms with Crippen LogP contribution in [0, 0.1) is 5.82 Å². The van der Waals surface area contributed by atoms with Gasteiger partial charge >= 0.3 is 0 Å². The first kappa shape index (κ1) is 19.8. The number of amides is 1. The molecule has 0 aliphatic heterocycles. The molecule has 0 atom stereocenters. The van der Waals surface area contributed by atoms with Crippen molar-refractivity contribution in [1.82, 2.24) is 29.6 Å². The Labute approximate surface area is 177 Å². The van der Waals surface area contributed by atoms with E-state index in [0.717, 1.165) is 11.1 Å². The fourth-order valence-corrected chi connectivity index (χ4v) is 3.64. The third-order valence-electron chi connectivity index (χ3n) is 4.49. The van der Waals surface area contributed by atoms with Gasteiger partial charge in [-0.05, 0) is 41.6 Å². The fourth-order valence-electron chi connectivity index (χ4n) is 3.09. The molecule has 0 spiro atoms. The number of hydrogen-bond acceptors (Lipinski definition) is 5. The van der Waals surface area contributed by atoms with E-state index in [1.165, 1.54) is 36.4 Å². The lowest BCUT2D eigenvalue weighted by molar-refractivity contribution is 0.0943. The van der Waals surface area contributed by atoms with Gasteiger partial charge in [0, 0.05) is 12.2 Å². The molecule has 0 aliphatic carbocycles. The summed E-state index contributed by atoms with van der Waals surface area (Å²) < 4.78 is 16.8. The van der Waals surface area contributed by atoms with E-state index in [1.807, 2.05) is 30.5 Å². The molecular formula is C21H19FN6OS. The number of thioether (sulfide) groups is 1. The predicted molar refractivity (Wildman–Crippen MR) is 112 cm³/mol. The van der Waals surface area contributed by atoms with Crippen LogP contribution in [-0.4, -0.2) is 36.5 Å². The van der Waals surface area contributed by atoms with E-state index in [9.17, 15) is 9.18 Å². The van der Waals surface area contributed by atoms with E-state index in [-0.39, 0.29) is 11.7 Å². The summed E-state index contributed by atoms with van der Waals surface area (Å²) in [6.45, 7) is 0.976. The molecule has 0 fully saturated rings. The number of benzene rings is 2. The van der Waals surface area contributed by atoms with Gasteiger partial charge in [0.05, 0.1) is 12.7 Å². The molecule has 30 heavy (non-hydrogen) atoms. The summed E-state index contributed by atoms with van der Waals surface area (Å²) >= 11 is 1.42.